The quantitative estimate of drug-likeness (QED) is 0.910. The number of likely N-dealkylation sites (tertiary alicyclic amines) is 1. The Hall–Kier alpha value is -1.86. The van der Waals surface area contributed by atoms with E-state index in [0.717, 1.165) is 31.5 Å². The normalized spacial score (nSPS) is 20.2. The molecule has 2 atom stereocenters. The van der Waals surface area contributed by atoms with Crippen LogP contribution in [-0.4, -0.2) is 34.2 Å². The van der Waals surface area contributed by atoms with Gasteiger partial charge >= 0.3 is 0 Å². The van der Waals surface area contributed by atoms with E-state index in [1.165, 1.54) is 12.1 Å². The molecule has 1 aromatic carbocycles. The maximum absolute atomic E-state index is 13.4. The second kappa shape index (κ2) is 7.36. The van der Waals surface area contributed by atoms with Gasteiger partial charge in [0.05, 0.1) is 6.54 Å². The predicted molar refractivity (Wildman–Crippen MR) is 85.2 cm³/mol. The third kappa shape index (κ3) is 4.15. The molecule has 1 N–H and O–H groups in total. The van der Waals surface area contributed by atoms with Crippen LogP contribution in [0.5, 0.6) is 0 Å². The van der Waals surface area contributed by atoms with Crippen LogP contribution in [0.2, 0.25) is 0 Å². The van der Waals surface area contributed by atoms with Crippen LogP contribution in [0.3, 0.4) is 0 Å². The van der Waals surface area contributed by atoms with E-state index in [-0.39, 0.29) is 12.1 Å². The molecule has 0 amide bonds. The third-order valence-electron chi connectivity index (χ3n) is 4.37. The highest BCUT2D eigenvalue weighted by atomic mass is 19.2. The summed E-state index contributed by atoms with van der Waals surface area (Å²) in [5.74, 6) is -0.352. The van der Waals surface area contributed by atoms with E-state index < -0.39 is 11.6 Å². The molecule has 1 aliphatic rings. The minimum atomic E-state index is -0.815. The lowest BCUT2D eigenvalue weighted by atomic mass is 10.0. The number of aryl methyl sites for hydroxylation is 1. The van der Waals surface area contributed by atoms with Crippen LogP contribution in [0.15, 0.2) is 22.7 Å². The molecule has 1 aromatic heterocycles. The monoisotopic (exact) mass is 336 g/mol. The highest BCUT2D eigenvalue weighted by molar-refractivity contribution is 5.21. The number of aromatic nitrogens is 2. The van der Waals surface area contributed by atoms with Crippen molar-refractivity contribution in [1.29, 1.82) is 0 Å². The van der Waals surface area contributed by atoms with Crippen molar-refractivity contribution in [2.75, 3.05) is 13.1 Å². The second-order valence-corrected chi connectivity index (χ2v) is 6.37. The topological polar surface area (TPSA) is 54.2 Å². The highest BCUT2D eigenvalue weighted by Gasteiger charge is 2.23. The Kier molecular flexibility index (Phi) is 5.20. The molecule has 5 nitrogen and oxygen atoms in total. The predicted octanol–water partition coefficient (Wildman–Crippen LogP) is 2.97. The highest BCUT2D eigenvalue weighted by Crippen LogP contribution is 2.19. The van der Waals surface area contributed by atoms with Crippen molar-refractivity contribution in [3.63, 3.8) is 0 Å². The van der Waals surface area contributed by atoms with Gasteiger partial charge in [0.25, 0.3) is 0 Å². The molecule has 24 heavy (non-hydrogen) atoms. The molecule has 1 aliphatic heterocycles. The fourth-order valence-corrected chi connectivity index (χ4v) is 3.17. The van der Waals surface area contributed by atoms with E-state index in [1.54, 1.807) is 13.0 Å². The van der Waals surface area contributed by atoms with Gasteiger partial charge in [-0.05, 0) is 44.0 Å². The van der Waals surface area contributed by atoms with Crippen molar-refractivity contribution in [1.82, 2.24) is 20.4 Å². The van der Waals surface area contributed by atoms with Crippen LogP contribution in [0.4, 0.5) is 8.78 Å². The van der Waals surface area contributed by atoms with Crippen LogP contribution < -0.4 is 5.32 Å². The Morgan fingerprint density at radius 3 is 2.92 bits per heavy atom. The molecule has 0 radical (unpaired) electrons. The Morgan fingerprint density at radius 2 is 2.21 bits per heavy atom. The molecule has 1 saturated heterocycles. The number of halogens is 2. The number of nitrogens with zero attached hydrogens (tertiary/aromatic N) is 3. The first kappa shape index (κ1) is 17.0. The summed E-state index contributed by atoms with van der Waals surface area (Å²) in [7, 11) is 0. The molecule has 0 aliphatic carbocycles. The summed E-state index contributed by atoms with van der Waals surface area (Å²) in [6.07, 6.45) is 2.12. The Morgan fingerprint density at radius 1 is 1.38 bits per heavy atom. The zero-order valence-electron chi connectivity index (χ0n) is 13.9. The van der Waals surface area contributed by atoms with Crippen LogP contribution in [0.1, 0.15) is 43.1 Å². The van der Waals surface area contributed by atoms with Crippen LogP contribution in [0, 0.1) is 18.6 Å². The molecule has 130 valence electrons. The van der Waals surface area contributed by atoms with E-state index in [0.29, 0.717) is 18.3 Å². The zero-order valence-corrected chi connectivity index (χ0v) is 13.9. The van der Waals surface area contributed by atoms with Crippen LogP contribution in [-0.2, 0) is 6.54 Å². The van der Waals surface area contributed by atoms with Gasteiger partial charge in [0.15, 0.2) is 17.5 Å². The lowest BCUT2D eigenvalue weighted by Gasteiger charge is -2.34. The number of rotatable bonds is 5. The van der Waals surface area contributed by atoms with Gasteiger partial charge in [-0.1, -0.05) is 11.2 Å². The summed E-state index contributed by atoms with van der Waals surface area (Å²) < 4.78 is 31.5. The number of nitrogens with one attached hydrogen (secondary N) is 1. The fourth-order valence-electron chi connectivity index (χ4n) is 3.17. The summed E-state index contributed by atoms with van der Waals surface area (Å²) >= 11 is 0. The molecule has 1 fully saturated rings. The third-order valence-corrected chi connectivity index (χ3v) is 4.37. The number of benzene rings is 1. The molecular weight excluding hydrogens is 314 g/mol. The molecular formula is C17H22F2N4O. The van der Waals surface area contributed by atoms with Crippen molar-refractivity contribution >= 4 is 0 Å². The molecule has 2 heterocycles. The molecule has 0 bridgehead atoms. The minimum Gasteiger partial charge on any atom is -0.340 e. The summed E-state index contributed by atoms with van der Waals surface area (Å²) in [6.45, 7) is 6.26. The first-order chi connectivity index (χ1) is 11.5. The first-order valence-electron chi connectivity index (χ1n) is 8.24. The SMILES string of the molecule is Cc1nc(CN2CCC[C@H](N[C@@H](C)c3ccc(F)c(F)c3)C2)no1. The molecule has 0 unspecified atom stereocenters. The van der Waals surface area contributed by atoms with E-state index in [2.05, 4.69) is 20.4 Å². The Balaban J connectivity index is 1.57. The zero-order chi connectivity index (χ0) is 17.1. The van der Waals surface area contributed by atoms with Gasteiger partial charge in [-0.25, -0.2) is 8.78 Å². The smallest absolute Gasteiger partial charge is 0.223 e. The van der Waals surface area contributed by atoms with E-state index in [1.807, 2.05) is 6.92 Å². The van der Waals surface area contributed by atoms with Gasteiger partial charge in [-0.3, -0.25) is 4.90 Å². The number of hydrogen-bond acceptors (Lipinski definition) is 5. The average molecular weight is 336 g/mol. The standard InChI is InChI=1S/C17H22F2N4O/c1-11(13-5-6-15(18)16(19)8-13)20-14-4-3-7-23(9-14)10-17-21-12(2)24-22-17/h5-6,8,11,14,20H,3-4,7,9-10H2,1-2H3/t11-,14-/m0/s1. The van der Waals surface area contributed by atoms with Crippen molar-refractivity contribution < 1.29 is 13.3 Å². The average Bonchev–Trinajstić information content (AvgIpc) is 2.95. The van der Waals surface area contributed by atoms with E-state index in [9.17, 15) is 8.78 Å². The minimum absolute atomic E-state index is 0.0440. The van der Waals surface area contributed by atoms with Crippen LogP contribution in [0.25, 0.3) is 0 Å². The first-order valence-corrected chi connectivity index (χ1v) is 8.24. The number of hydrogen-bond donors (Lipinski definition) is 1. The summed E-state index contributed by atoms with van der Waals surface area (Å²) in [5.41, 5.74) is 0.750. The Labute approximate surface area is 140 Å². The van der Waals surface area contributed by atoms with E-state index in [4.69, 9.17) is 4.52 Å². The summed E-state index contributed by atoms with van der Waals surface area (Å²) in [5, 5.41) is 7.44. The van der Waals surface area contributed by atoms with Crippen molar-refractivity contribution in [2.45, 2.75) is 45.3 Å². The van der Waals surface area contributed by atoms with Gasteiger partial charge in [-0.15, -0.1) is 0 Å². The van der Waals surface area contributed by atoms with Gasteiger partial charge in [0, 0.05) is 25.6 Å². The molecule has 7 heteroatoms. The van der Waals surface area contributed by atoms with Gasteiger partial charge in [0.1, 0.15) is 0 Å². The summed E-state index contributed by atoms with van der Waals surface area (Å²) in [6, 6.07) is 4.30. The van der Waals surface area contributed by atoms with Gasteiger partial charge in [-0.2, -0.15) is 4.98 Å². The molecule has 3 rings (SSSR count). The maximum Gasteiger partial charge on any atom is 0.223 e. The fraction of sp³-hybridized carbons (Fsp3) is 0.529. The largest absolute Gasteiger partial charge is 0.340 e. The molecule has 0 saturated carbocycles. The van der Waals surface area contributed by atoms with Crippen molar-refractivity contribution in [3.05, 3.63) is 47.1 Å². The molecule has 2 aromatic rings. The van der Waals surface area contributed by atoms with E-state index >= 15 is 0 Å². The molecule has 0 spiro atoms. The van der Waals surface area contributed by atoms with Crippen molar-refractivity contribution in [2.24, 2.45) is 0 Å². The maximum atomic E-state index is 13.4. The summed E-state index contributed by atoms with van der Waals surface area (Å²) in [4.78, 5) is 6.52. The van der Waals surface area contributed by atoms with Crippen molar-refractivity contribution in [3.8, 4) is 0 Å². The van der Waals surface area contributed by atoms with Gasteiger partial charge in [0.2, 0.25) is 5.89 Å². The lowest BCUT2D eigenvalue weighted by Crippen LogP contribution is -2.46. The van der Waals surface area contributed by atoms with Crippen LogP contribution >= 0.6 is 0 Å². The second-order valence-electron chi connectivity index (χ2n) is 6.37. The van der Waals surface area contributed by atoms with Gasteiger partial charge < -0.3 is 9.84 Å². The number of piperidine rings is 1. The lowest BCUT2D eigenvalue weighted by molar-refractivity contribution is 0.172. The Bertz CT molecular complexity index is 691.